The van der Waals surface area contributed by atoms with E-state index in [0.717, 1.165) is 38.3 Å². The highest BCUT2D eigenvalue weighted by molar-refractivity contribution is 5.76. The Bertz CT molecular complexity index is 462. The molecule has 3 nitrogen and oxygen atoms in total. The highest BCUT2D eigenvalue weighted by Crippen LogP contribution is 2.22. The van der Waals surface area contributed by atoms with E-state index in [0.29, 0.717) is 24.2 Å². The molecule has 1 fully saturated rings. The predicted octanol–water partition coefficient (Wildman–Crippen LogP) is 3.66. The lowest BCUT2D eigenvalue weighted by atomic mass is 9.97. The molecule has 2 rings (SSSR count). The number of amides is 1. The minimum absolute atomic E-state index is 0.309. The topological polar surface area (TPSA) is 29.5 Å². The van der Waals surface area contributed by atoms with E-state index < -0.39 is 0 Å². The van der Waals surface area contributed by atoms with Crippen LogP contribution in [-0.4, -0.2) is 30.5 Å². The van der Waals surface area contributed by atoms with Crippen LogP contribution in [0.15, 0.2) is 24.3 Å². The van der Waals surface area contributed by atoms with Gasteiger partial charge in [0, 0.05) is 19.5 Å². The lowest BCUT2D eigenvalue weighted by Crippen LogP contribution is -2.40. The Morgan fingerprint density at radius 2 is 1.95 bits per heavy atom. The SMILES string of the molecule is Cc1ccccc1OCC1CCN(C(=O)CC(C)C)CC1. The van der Waals surface area contributed by atoms with Gasteiger partial charge in [0.2, 0.25) is 5.91 Å². The third kappa shape index (κ3) is 4.76. The van der Waals surface area contributed by atoms with Crippen molar-refractivity contribution in [1.82, 2.24) is 4.90 Å². The average Bonchev–Trinajstić information content (AvgIpc) is 2.46. The molecule has 1 aromatic rings. The van der Waals surface area contributed by atoms with Gasteiger partial charge < -0.3 is 9.64 Å². The molecule has 3 heteroatoms. The number of para-hydroxylation sites is 1. The number of carbonyl (C=O) groups is 1. The molecule has 0 saturated carbocycles. The lowest BCUT2D eigenvalue weighted by Gasteiger charge is -2.32. The number of hydrogen-bond donors (Lipinski definition) is 0. The van der Waals surface area contributed by atoms with Gasteiger partial charge >= 0.3 is 0 Å². The lowest BCUT2D eigenvalue weighted by molar-refractivity contribution is -0.133. The van der Waals surface area contributed by atoms with Crippen molar-refractivity contribution in [1.29, 1.82) is 0 Å². The fourth-order valence-electron chi connectivity index (χ4n) is 2.75. The van der Waals surface area contributed by atoms with Crippen LogP contribution in [0.25, 0.3) is 0 Å². The Balaban J connectivity index is 1.74. The summed E-state index contributed by atoms with van der Waals surface area (Å²) in [5, 5.41) is 0. The molecule has 0 unspecified atom stereocenters. The first-order valence-corrected chi connectivity index (χ1v) is 8.02. The van der Waals surface area contributed by atoms with E-state index in [1.165, 1.54) is 5.56 Å². The third-order valence-corrected chi connectivity index (χ3v) is 4.12. The van der Waals surface area contributed by atoms with Crippen LogP contribution in [0.1, 0.15) is 38.7 Å². The fourth-order valence-corrected chi connectivity index (χ4v) is 2.75. The number of nitrogens with zero attached hydrogens (tertiary/aromatic N) is 1. The Hall–Kier alpha value is -1.51. The van der Waals surface area contributed by atoms with Gasteiger partial charge in [0.25, 0.3) is 0 Å². The van der Waals surface area contributed by atoms with Crippen molar-refractivity contribution < 1.29 is 9.53 Å². The molecule has 0 aromatic heterocycles. The highest BCUT2D eigenvalue weighted by atomic mass is 16.5. The number of ether oxygens (including phenoxy) is 1. The van der Waals surface area contributed by atoms with Crippen molar-refractivity contribution in [2.75, 3.05) is 19.7 Å². The number of rotatable bonds is 5. The first kappa shape index (κ1) is 15.9. The van der Waals surface area contributed by atoms with Gasteiger partial charge in [-0.3, -0.25) is 4.79 Å². The van der Waals surface area contributed by atoms with E-state index >= 15 is 0 Å². The Kier molecular flexibility index (Phi) is 5.66. The average molecular weight is 289 g/mol. The van der Waals surface area contributed by atoms with E-state index in [1.54, 1.807) is 0 Å². The van der Waals surface area contributed by atoms with Crippen LogP contribution >= 0.6 is 0 Å². The Morgan fingerprint density at radius 1 is 1.29 bits per heavy atom. The minimum Gasteiger partial charge on any atom is -0.493 e. The van der Waals surface area contributed by atoms with Gasteiger partial charge in [-0.25, -0.2) is 0 Å². The monoisotopic (exact) mass is 289 g/mol. The third-order valence-electron chi connectivity index (χ3n) is 4.12. The zero-order valence-corrected chi connectivity index (χ0v) is 13.5. The normalized spacial score (nSPS) is 16.3. The van der Waals surface area contributed by atoms with E-state index in [2.05, 4.69) is 26.8 Å². The summed E-state index contributed by atoms with van der Waals surface area (Å²) in [7, 11) is 0. The maximum atomic E-state index is 12.0. The molecule has 1 aliphatic heterocycles. The number of benzene rings is 1. The molecule has 0 N–H and O–H groups in total. The number of piperidine rings is 1. The van der Waals surface area contributed by atoms with Crippen molar-refractivity contribution >= 4 is 5.91 Å². The van der Waals surface area contributed by atoms with Crippen LogP contribution in [0.5, 0.6) is 5.75 Å². The van der Waals surface area contributed by atoms with Crippen LogP contribution < -0.4 is 4.74 Å². The summed E-state index contributed by atoms with van der Waals surface area (Å²) in [6, 6.07) is 8.13. The van der Waals surface area contributed by atoms with Crippen molar-refractivity contribution in [3.05, 3.63) is 29.8 Å². The largest absolute Gasteiger partial charge is 0.493 e. The van der Waals surface area contributed by atoms with Crippen LogP contribution in [0.3, 0.4) is 0 Å². The highest BCUT2D eigenvalue weighted by Gasteiger charge is 2.23. The van der Waals surface area contributed by atoms with Crippen molar-refractivity contribution in [2.24, 2.45) is 11.8 Å². The van der Waals surface area contributed by atoms with Crippen LogP contribution in [-0.2, 0) is 4.79 Å². The summed E-state index contributed by atoms with van der Waals surface area (Å²) < 4.78 is 5.93. The van der Waals surface area contributed by atoms with E-state index in [9.17, 15) is 4.79 Å². The number of carbonyl (C=O) groups excluding carboxylic acids is 1. The second kappa shape index (κ2) is 7.48. The molecule has 0 spiro atoms. The van der Waals surface area contributed by atoms with E-state index in [1.807, 2.05) is 23.1 Å². The van der Waals surface area contributed by atoms with E-state index in [-0.39, 0.29) is 0 Å². The molecule has 0 aliphatic carbocycles. The van der Waals surface area contributed by atoms with Gasteiger partial charge in [-0.15, -0.1) is 0 Å². The number of hydrogen-bond acceptors (Lipinski definition) is 2. The maximum absolute atomic E-state index is 12.0. The molecule has 0 radical (unpaired) electrons. The summed E-state index contributed by atoms with van der Waals surface area (Å²) in [5.74, 6) is 2.30. The summed E-state index contributed by atoms with van der Waals surface area (Å²) >= 11 is 0. The fraction of sp³-hybridized carbons (Fsp3) is 0.611. The molecule has 1 aromatic carbocycles. The van der Waals surface area contributed by atoms with Crippen molar-refractivity contribution in [3.63, 3.8) is 0 Å². The first-order chi connectivity index (χ1) is 10.1. The maximum Gasteiger partial charge on any atom is 0.222 e. The van der Waals surface area contributed by atoms with Crippen LogP contribution in [0.2, 0.25) is 0 Å². The summed E-state index contributed by atoms with van der Waals surface area (Å²) in [6.45, 7) is 8.79. The predicted molar refractivity (Wildman–Crippen MR) is 85.4 cm³/mol. The molecule has 1 heterocycles. The molecule has 116 valence electrons. The smallest absolute Gasteiger partial charge is 0.222 e. The zero-order chi connectivity index (χ0) is 15.2. The van der Waals surface area contributed by atoms with E-state index in [4.69, 9.17) is 4.74 Å². The number of aryl methyl sites for hydroxylation is 1. The van der Waals surface area contributed by atoms with Gasteiger partial charge in [0.1, 0.15) is 5.75 Å². The molecule has 21 heavy (non-hydrogen) atoms. The summed E-state index contributed by atoms with van der Waals surface area (Å²) in [5.41, 5.74) is 1.18. The Morgan fingerprint density at radius 3 is 2.57 bits per heavy atom. The molecular weight excluding hydrogens is 262 g/mol. The molecule has 1 saturated heterocycles. The van der Waals surface area contributed by atoms with Gasteiger partial charge in [0.15, 0.2) is 0 Å². The van der Waals surface area contributed by atoms with Gasteiger partial charge in [0.05, 0.1) is 6.61 Å². The summed E-state index contributed by atoms with van der Waals surface area (Å²) in [4.78, 5) is 14.1. The molecule has 0 bridgehead atoms. The Labute approximate surface area is 128 Å². The zero-order valence-electron chi connectivity index (χ0n) is 13.5. The van der Waals surface area contributed by atoms with Gasteiger partial charge in [-0.2, -0.15) is 0 Å². The molecule has 0 atom stereocenters. The van der Waals surface area contributed by atoms with Gasteiger partial charge in [-0.05, 0) is 43.2 Å². The quantitative estimate of drug-likeness (QED) is 0.828. The molecular formula is C18H27NO2. The first-order valence-electron chi connectivity index (χ1n) is 8.02. The molecule has 1 amide bonds. The molecule has 1 aliphatic rings. The van der Waals surface area contributed by atoms with Crippen LogP contribution in [0, 0.1) is 18.8 Å². The summed E-state index contributed by atoms with van der Waals surface area (Å²) in [6.07, 6.45) is 2.77. The second-order valence-corrected chi connectivity index (χ2v) is 6.50. The van der Waals surface area contributed by atoms with Crippen molar-refractivity contribution in [3.8, 4) is 5.75 Å². The second-order valence-electron chi connectivity index (χ2n) is 6.50. The van der Waals surface area contributed by atoms with Gasteiger partial charge in [-0.1, -0.05) is 32.0 Å². The number of likely N-dealkylation sites (tertiary alicyclic amines) is 1. The standard InChI is InChI=1S/C18H27NO2/c1-14(2)12-18(20)19-10-8-16(9-11-19)13-21-17-7-5-4-6-15(17)3/h4-7,14,16H,8-13H2,1-3H3. The minimum atomic E-state index is 0.309. The van der Waals surface area contributed by atoms with Crippen molar-refractivity contribution in [2.45, 2.75) is 40.0 Å². The van der Waals surface area contributed by atoms with Crippen LogP contribution in [0.4, 0.5) is 0 Å².